The number of carbonyl (C=O) groups is 1. The Kier molecular flexibility index (Phi) is 2.05. The molecule has 0 heterocycles. The summed E-state index contributed by atoms with van der Waals surface area (Å²) >= 11 is 0. The highest BCUT2D eigenvalue weighted by molar-refractivity contribution is 5.88. The molecule has 0 bridgehead atoms. The van der Waals surface area contributed by atoms with Crippen molar-refractivity contribution in [2.45, 2.75) is 26.7 Å². The molecule has 0 aromatic rings. The molecule has 1 aliphatic rings. The highest BCUT2D eigenvalue weighted by Crippen LogP contribution is 2.23. The number of rotatable bonds is 1. The maximum Gasteiger partial charge on any atom is 0.152 e. The maximum atomic E-state index is 10.6. The lowest BCUT2D eigenvalue weighted by Gasteiger charge is -1.95. The van der Waals surface area contributed by atoms with Crippen LogP contribution in [-0.2, 0) is 4.79 Å². The first-order valence-electron chi connectivity index (χ1n) is 3.58. The van der Waals surface area contributed by atoms with E-state index in [2.05, 4.69) is 13.0 Å². The quantitative estimate of drug-likeness (QED) is 0.505. The van der Waals surface area contributed by atoms with Gasteiger partial charge in [0.05, 0.1) is 0 Å². The molecule has 1 aliphatic carbocycles. The lowest BCUT2D eigenvalue weighted by Crippen LogP contribution is -1.86. The molecule has 0 radical (unpaired) electrons. The van der Waals surface area contributed by atoms with Crippen molar-refractivity contribution in [3.63, 3.8) is 0 Å². The van der Waals surface area contributed by atoms with E-state index in [1.54, 1.807) is 13.0 Å². The number of ketones is 1. The largest absolute Gasteiger partial charge is 0.295 e. The van der Waals surface area contributed by atoms with Gasteiger partial charge in [0.1, 0.15) is 0 Å². The predicted octanol–water partition coefficient (Wildman–Crippen LogP) is 2.24. The van der Waals surface area contributed by atoms with Crippen molar-refractivity contribution in [3.05, 3.63) is 23.3 Å². The van der Waals surface area contributed by atoms with Gasteiger partial charge in [-0.25, -0.2) is 0 Å². The fraction of sp³-hybridized carbons (Fsp3) is 0.444. The highest BCUT2D eigenvalue weighted by atomic mass is 16.1. The maximum absolute atomic E-state index is 10.6. The van der Waals surface area contributed by atoms with Gasteiger partial charge in [-0.15, -0.1) is 0 Å². The summed E-state index contributed by atoms with van der Waals surface area (Å²) in [5.74, 6) is 0.157. The molecule has 1 rings (SSSR count). The van der Waals surface area contributed by atoms with Crippen LogP contribution < -0.4 is 0 Å². The zero-order chi connectivity index (χ0) is 7.56. The zero-order valence-corrected chi connectivity index (χ0v) is 6.48. The molecule has 0 saturated heterocycles. The average molecular weight is 136 g/mol. The van der Waals surface area contributed by atoms with Crippen molar-refractivity contribution < 1.29 is 4.79 Å². The fourth-order valence-corrected chi connectivity index (χ4v) is 1.20. The average Bonchev–Trinajstić information content (AvgIpc) is 2.15. The molecule has 1 heteroatoms. The molecule has 0 aliphatic heterocycles. The Hall–Kier alpha value is -0.850. The number of carbonyl (C=O) groups excluding carboxylic acids is 1. The van der Waals surface area contributed by atoms with Gasteiger partial charge in [-0.05, 0) is 38.3 Å². The third kappa shape index (κ3) is 1.56. The van der Waals surface area contributed by atoms with Crippen molar-refractivity contribution in [2.24, 2.45) is 0 Å². The van der Waals surface area contributed by atoms with E-state index in [4.69, 9.17) is 0 Å². The summed E-state index contributed by atoms with van der Waals surface area (Å²) in [6.45, 7) is 3.65. The molecule has 0 aromatic heterocycles. The summed E-state index contributed by atoms with van der Waals surface area (Å²) in [7, 11) is 0. The molecule has 0 amide bonds. The summed E-state index contributed by atoms with van der Waals surface area (Å²) in [6.07, 6.45) is 6.06. The Morgan fingerprint density at radius 1 is 1.70 bits per heavy atom. The minimum absolute atomic E-state index is 0.157. The van der Waals surface area contributed by atoms with Crippen LogP contribution in [0.25, 0.3) is 0 Å². The summed E-state index contributed by atoms with van der Waals surface area (Å²) in [4.78, 5) is 10.6. The van der Waals surface area contributed by atoms with Crippen molar-refractivity contribution in [1.29, 1.82) is 0 Å². The summed E-state index contributed by atoms with van der Waals surface area (Å²) in [5, 5.41) is 0. The van der Waals surface area contributed by atoms with Gasteiger partial charge in [0.25, 0.3) is 0 Å². The zero-order valence-electron chi connectivity index (χ0n) is 6.48. The summed E-state index contributed by atoms with van der Waals surface area (Å²) < 4.78 is 0. The molecule has 10 heavy (non-hydrogen) atoms. The first kappa shape index (κ1) is 7.26. The fourth-order valence-electron chi connectivity index (χ4n) is 1.20. The standard InChI is InChI=1S/C9H12O/c1-7-4-3-5-9(7)6-8(2)10/h4,6H,3,5H2,1-2H3/b9-6-. The molecule has 0 saturated carbocycles. The number of hydrogen-bond acceptors (Lipinski definition) is 1. The first-order valence-corrected chi connectivity index (χ1v) is 3.58. The molecular formula is C9H12O. The van der Waals surface area contributed by atoms with Gasteiger partial charge in [-0.1, -0.05) is 11.6 Å². The van der Waals surface area contributed by atoms with E-state index in [0.29, 0.717) is 0 Å². The second-order valence-corrected chi connectivity index (χ2v) is 2.71. The molecular weight excluding hydrogens is 124 g/mol. The summed E-state index contributed by atoms with van der Waals surface area (Å²) in [5.41, 5.74) is 2.49. The molecule has 0 unspecified atom stereocenters. The van der Waals surface area contributed by atoms with Crippen molar-refractivity contribution in [3.8, 4) is 0 Å². The molecule has 0 spiro atoms. The van der Waals surface area contributed by atoms with E-state index in [1.807, 2.05) is 0 Å². The van der Waals surface area contributed by atoms with E-state index in [-0.39, 0.29) is 5.78 Å². The van der Waals surface area contributed by atoms with Gasteiger partial charge in [0.2, 0.25) is 0 Å². The van der Waals surface area contributed by atoms with Crippen molar-refractivity contribution >= 4 is 5.78 Å². The molecule has 0 atom stereocenters. The second-order valence-electron chi connectivity index (χ2n) is 2.71. The van der Waals surface area contributed by atoms with Gasteiger partial charge < -0.3 is 0 Å². The topological polar surface area (TPSA) is 17.1 Å². The Bertz CT molecular complexity index is 209. The lowest BCUT2D eigenvalue weighted by atomic mass is 10.1. The van der Waals surface area contributed by atoms with Gasteiger partial charge in [-0.3, -0.25) is 4.79 Å². The Balaban J connectivity index is 2.74. The third-order valence-electron chi connectivity index (χ3n) is 1.75. The monoisotopic (exact) mass is 136 g/mol. The molecule has 54 valence electrons. The summed E-state index contributed by atoms with van der Waals surface area (Å²) in [6, 6.07) is 0. The first-order chi connectivity index (χ1) is 4.70. The molecule has 1 nitrogen and oxygen atoms in total. The number of hydrogen-bond donors (Lipinski definition) is 0. The van der Waals surface area contributed by atoms with Crippen LogP contribution in [0.2, 0.25) is 0 Å². The van der Waals surface area contributed by atoms with Crippen molar-refractivity contribution in [2.75, 3.05) is 0 Å². The van der Waals surface area contributed by atoms with Gasteiger partial charge in [-0.2, -0.15) is 0 Å². The molecule has 0 N–H and O–H groups in total. The smallest absolute Gasteiger partial charge is 0.152 e. The van der Waals surface area contributed by atoms with E-state index >= 15 is 0 Å². The Morgan fingerprint density at radius 2 is 2.40 bits per heavy atom. The van der Waals surface area contributed by atoms with Crippen LogP contribution in [0.3, 0.4) is 0 Å². The predicted molar refractivity (Wildman–Crippen MR) is 41.8 cm³/mol. The normalized spacial score (nSPS) is 21.4. The number of allylic oxidation sites excluding steroid dienone is 4. The van der Waals surface area contributed by atoms with Crippen LogP contribution in [0.4, 0.5) is 0 Å². The molecule has 0 aromatic carbocycles. The van der Waals surface area contributed by atoms with Crippen LogP contribution >= 0.6 is 0 Å². The minimum Gasteiger partial charge on any atom is -0.295 e. The lowest BCUT2D eigenvalue weighted by molar-refractivity contribution is -0.112. The Labute approximate surface area is 61.4 Å². The van der Waals surface area contributed by atoms with Crippen LogP contribution in [0.5, 0.6) is 0 Å². The van der Waals surface area contributed by atoms with E-state index in [1.165, 1.54) is 11.1 Å². The highest BCUT2D eigenvalue weighted by Gasteiger charge is 2.06. The van der Waals surface area contributed by atoms with Gasteiger partial charge in [0, 0.05) is 0 Å². The van der Waals surface area contributed by atoms with Crippen LogP contribution in [0.1, 0.15) is 26.7 Å². The van der Waals surface area contributed by atoms with Crippen LogP contribution in [0.15, 0.2) is 23.3 Å². The van der Waals surface area contributed by atoms with Gasteiger partial charge in [0.15, 0.2) is 5.78 Å². The van der Waals surface area contributed by atoms with Gasteiger partial charge >= 0.3 is 0 Å². The van der Waals surface area contributed by atoms with E-state index < -0.39 is 0 Å². The van der Waals surface area contributed by atoms with E-state index in [9.17, 15) is 4.79 Å². The SMILES string of the molecule is CC(=O)/C=C1/CCC=C1C. The molecule has 0 fully saturated rings. The third-order valence-corrected chi connectivity index (χ3v) is 1.75. The van der Waals surface area contributed by atoms with Crippen LogP contribution in [0, 0.1) is 0 Å². The van der Waals surface area contributed by atoms with Crippen molar-refractivity contribution in [1.82, 2.24) is 0 Å². The minimum atomic E-state index is 0.157. The Morgan fingerprint density at radius 3 is 2.80 bits per heavy atom. The van der Waals surface area contributed by atoms with E-state index in [0.717, 1.165) is 12.8 Å². The van der Waals surface area contributed by atoms with Crippen LogP contribution in [-0.4, -0.2) is 5.78 Å². The second kappa shape index (κ2) is 2.82.